The van der Waals surface area contributed by atoms with Gasteiger partial charge in [-0.3, -0.25) is 13.9 Å². The molecule has 0 heterocycles. The van der Waals surface area contributed by atoms with E-state index in [1.165, 1.54) is 4.90 Å². The highest BCUT2D eigenvalue weighted by Gasteiger charge is 2.32. The van der Waals surface area contributed by atoms with Gasteiger partial charge >= 0.3 is 0 Å². The Balaban J connectivity index is 1.99. The third kappa shape index (κ3) is 6.61. The van der Waals surface area contributed by atoms with E-state index >= 15 is 0 Å². The second-order valence-electron chi connectivity index (χ2n) is 8.02. The van der Waals surface area contributed by atoms with Crippen LogP contribution in [0.1, 0.15) is 19.4 Å². The lowest BCUT2D eigenvalue weighted by atomic mass is 10.1. The minimum Gasteiger partial charge on any atom is -0.355 e. The number of rotatable bonds is 10. The van der Waals surface area contributed by atoms with Crippen molar-refractivity contribution in [2.45, 2.75) is 31.3 Å². The molecule has 3 rings (SSSR count). The molecule has 0 unspecified atom stereocenters. The summed E-state index contributed by atoms with van der Waals surface area (Å²) in [5.74, 6) is -1.54. The van der Waals surface area contributed by atoms with Crippen LogP contribution in [-0.4, -0.2) is 44.3 Å². The largest absolute Gasteiger partial charge is 0.355 e. The maximum absolute atomic E-state index is 13.6. The average molecular weight is 532 g/mol. The monoisotopic (exact) mass is 531 g/mol. The first-order valence-corrected chi connectivity index (χ1v) is 13.1. The number of sulfonamides is 1. The molecule has 10 heteroatoms. The fourth-order valence-electron chi connectivity index (χ4n) is 3.55. The average Bonchev–Trinajstić information content (AvgIpc) is 2.87. The number of halogens is 2. The van der Waals surface area contributed by atoms with Crippen molar-refractivity contribution in [1.29, 1.82) is 0 Å². The molecule has 0 saturated heterocycles. The molecule has 0 saturated carbocycles. The predicted molar refractivity (Wildman–Crippen MR) is 138 cm³/mol. The number of nitrogens with zero attached hydrogens (tertiary/aromatic N) is 2. The molecule has 0 aliphatic carbocycles. The normalized spacial score (nSPS) is 12.0. The van der Waals surface area contributed by atoms with Gasteiger partial charge in [-0.05, 0) is 67.9 Å². The maximum Gasteiger partial charge on any atom is 0.264 e. The maximum atomic E-state index is 13.6. The lowest BCUT2D eigenvalue weighted by Crippen LogP contribution is -2.51. The molecule has 1 atom stereocenters. The van der Waals surface area contributed by atoms with Crippen LogP contribution in [0.4, 0.5) is 10.1 Å². The van der Waals surface area contributed by atoms with Crippen LogP contribution in [0.15, 0.2) is 83.8 Å². The fourth-order valence-corrected chi connectivity index (χ4v) is 5.09. The number of nitrogens with one attached hydrogen (secondary N) is 1. The number of carbonyl (C=O) groups is 2. The van der Waals surface area contributed by atoms with Gasteiger partial charge in [0.2, 0.25) is 11.8 Å². The second-order valence-corrected chi connectivity index (χ2v) is 10.3. The lowest BCUT2D eigenvalue weighted by Gasteiger charge is -2.32. The minimum atomic E-state index is -4.23. The smallest absolute Gasteiger partial charge is 0.264 e. The minimum absolute atomic E-state index is 0.0630. The Kier molecular flexibility index (Phi) is 9.06. The summed E-state index contributed by atoms with van der Waals surface area (Å²) in [6.07, 6.45) is 0. The fraction of sp³-hybridized carbons (Fsp3) is 0.231. The van der Waals surface area contributed by atoms with E-state index in [4.69, 9.17) is 11.6 Å². The van der Waals surface area contributed by atoms with Gasteiger partial charge in [-0.2, -0.15) is 0 Å². The third-order valence-corrected chi connectivity index (χ3v) is 7.55. The zero-order valence-electron chi connectivity index (χ0n) is 19.9. The Morgan fingerprint density at radius 3 is 2.17 bits per heavy atom. The second kappa shape index (κ2) is 12.0. The van der Waals surface area contributed by atoms with Gasteiger partial charge < -0.3 is 10.2 Å². The van der Waals surface area contributed by atoms with Crippen molar-refractivity contribution in [2.24, 2.45) is 0 Å². The zero-order valence-corrected chi connectivity index (χ0v) is 21.5. The number of hydrogen-bond donors (Lipinski definition) is 1. The molecule has 7 nitrogen and oxygen atoms in total. The van der Waals surface area contributed by atoms with E-state index in [-0.39, 0.29) is 23.0 Å². The number of anilines is 1. The topological polar surface area (TPSA) is 86.8 Å². The van der Waals surface area contributed by atoms with Crippen LogP contribution < -0.4 is 9.62 Å². The standard InChI is InChI=1S/C26H27ClFN3O4S/c1-3-29-26(33)19(2)30(17-20-9-11-21(27)12-10-20)25(32)18-31(23-7-5-4-6-8-23)36(34,35)24-15-13-22(28)14-16-24/h4-16,19H,3,17-18H2,1-2H3,(H,29,33)/t19-/m1/s1. The van der Waals surface area contributed by atoms with E-state index in [1.807, 2.05) is 0 Å². The summed E-state index contributed by atoms with van der Waals surface area (Å²) >= 11 is 5.98. The quantitative estimate of drug-likeness (QED) is 0.424. The Labute approximate surface area is 215 Å². The molecule has 36 heavy (non-hydrogen) atoms. The van der Waals surface area contributed by atoms with E-state index in [1.54, 1.807) is 68.4 Å². The molecule has 0 aromatic heterocycles. The number of carbonyl (C=O) groups excluding carboxylic acids is 2. The van der Waals surface area contributed by atoms with Crippen molar-refractivity contribution in [3.63, 3.8) is 0 Å². The van der Waals surface area contributed by atoms with Crippen molar-refractivity contribution in [3.8, 4) is 0 Å². The Morgan fingerprint density at radius 2 is 1.58 bits per heavy atom. The molecule has 3 aromatic carbocycles. The summed E-state index contributed by atoms with van der Waals surface area (Å²) in [6.45, 7) is 3.22. The van der Waals surface area contributed by atoms with Crippen LogP contribution in [0, 0.1) is 5.82 Å². The van der Waals surface area contributed by atoms with E-state index in [0.717, 1.165) is 34.1 Å². The third-order valence-electron chi connectivity index (χ3n) is 5.51. The first kappa shape index (κ1) is 27.2. The lowest BCUT2D eigenvalue weighted by molar-refractivity contribution is -0.139. The van der Waals surface area contributed by atoms with Crippen molar-refractivity contribution < 1.29 is 22.4 Å². The van der Waals surface area contributed by atoms with Gasteiger partial charge in [0.25, 0.3) is 10.0 Å². The zero-order chi connectivity index (χ0) is 26.3. The molecule has 0 spiro atoms. The molecule has 0 fully saturated rings. The highest BCUT2D eigenvalue weighted by atomic mass is 35.5. The molecular formula is C26H27ClFN3O4S. The molecule has 3 aromatic rings. The summed E-state index contributed by atoms with van der Waals surface area (Å²) in [7, 11) is -4.23. The van der Waals surface area contributed by atoms with Crippen LogP contribution in [0.3, 0.4) is 0 Å². The highest BCUT2D eigenvalue weighted by molar-refractivity contribution is 7.92. The van der Waals surface area contributed by atoms with Gasteiger partial charge in [0.05, 0.1) is 10.6 Å². The van der Waals surface area contributed by atoms with Crippen molar-refractivity contribution in [3.05, 3.63) is 95.3 Å². The van der Waals surface area contributed by atoms with Gasteiger partial charge in [0.15, 0.2) is 0 Å². The van der Waals surface area contributed by atoms with Crippen molar-refractivity contribution >= 4 is 39.1 Å². The predicted octanol–water partition coefficient (Wildman–Crippen LogP) is 4.23. The number of likely N-dealkylation sites (N-methyl/N-ethyl adjacent to an activating group) is 1. The Bertz CT molecular complexity index is 1290. The van der Waals surface area contributed by atoms with Gasteiger partial charge in [0.1, 0.15) is 18.4 Å². The van der Waals surface area contributed by atoms with Gasteiger partial charge in [-0.15, -0.1) is 0 Å². The van der Waals surface area contributed by atoms with Crippen molar-refractivity contribution in [1.82, 2.24) is 10.2 Å². The van der Waals surface area contributed by atoms with Gasteiger partial charge in [-0.25, -0.2) is 12.8 Å². The van der Waals surface area contributed by atoms with E-state index < -0.39 is 34.3 Å². The molecule has 0 bridgehead atoms. The Hall–Kier alpha value is -3.43. The number of hydrogen-bond acceptors (Lipinski definition) is 4. The summed E-state index contributed by atoms with van der Waals surface area (Å²) in [5, 5.41) is 3.22. The highest BCUT2D eigenvalue weighted by Crippen LogP contribution is 2.24. The Morgan fingerprint density at radius 1 is 0.972 bits per heavy atom. The molecule has 0 aliphatic heterocycles. The molecular weight excluding hydrogens is 505 g/mol. The number of para-hydroxylation sites is 1. The van der Waals surface area contributed by atoms with E-state index in [2.05, 4.69) is 5.32 Å². The number of benzene rings is 3. The summed E-state index contributed by atoms with van der Waals surface area (Å²) in [5.41, 5.74) is 0.976. The van der Waals surface area contributed by atoms with Gasteiger partial charge in [-0.1, -0.05) is 41.9 Å². The molecule has 1 N–H and O–H groups in total. The van der Waals surface area contributed by atoms with Crippen LogP contribution >= 0.6 is 11.6 Å². The van der Waals surface area contributed by atoms with Gasteiger partial charge in [0, 0.05) is 18.1 Å². The summed E-state index contributed by atoms with van der Waals surface area (Å²) in [4.78, 5) is 27.4. The first-order valence-electron chi connectivity index (χ1n) is 11.3. The van der Waals surface area contributed by atoms with Crippen LogP contribution in [0.5, 0.6) is 0 Å². The molecule has 0 aliphatic rings. The molecule has 190 valence electrons. The molecule has 2 amide bonds. The SMILES string of the molecule is CCNC(=O)[C@@H](C)N(Cc1ccc(Cl)cc1)C(=O)CN(c1ccccc1)S(=O)(=O)c1ccc(F)cc1. The van der Waals surface area contributed by atoms with Crippen molar-refractivity contribution in [2.75, 3.05) is 17.4 Å². The van der Waals surface area contributed by atoms with Crippen LogP contribution in [0.25, 0.3) is 0 Å². The number of amides is 2. The molecule has 0 radical (unpaired) electrons. The van der Waals surface area contributed by atoms with E-state index in [9.17, 15) is 22.4 Å². The summed E-state index contributed by atoms with van der Waals surface area (Å²) in [6, 6.07) is 18.5. The van der Waals surface area contributed by atoms with Crippen LogP contribution in [0.2, 0.25) is 5.02 Å². The summed E-state index contributed by atoms with van der Waals surface area (Å²) < 4.78 is 41.5. The van der Waals surface area contributed by atoms with Crippen LogP contribution in [-0.2, 0) is 26.2 Å². The first-order chi connectivity index (χ1) is 17.1. The van der Waals surface area contributed by atoms with E-state index in [0.29, 0.717) is 11.6 Å².